The fourth-order valence-electron chi connectivity index (χ4n) is 0.779. The molecule has 0 saturated carbocycles. The van der Waals surface area contributed by atoms with Gasteiger partial charge in [0.25, 0.3) is 0 Å². The Morgan fingerprint density at radius 2 is 1.86 bits per heavy atom. The fraction of sp³-hybridized carbons (Fsp3) is 0.889. The number of aliphatic hydroxyl groups excluding tert-OH is 1. The number of hydrogen-bond donors (Lipinski definition) is 1. The Morgan fingerprint density at radius 1 is 1.36 bits per heavy atom. The van der Waals surface area contributed by atoms with Gasteiger partial charge in [0.1, 0.15) is 0 Å². The molecule has 0 fully saturated rings. The molecule has 86 valence electrons. The zero-order valence-electron chi connectivity index (χ0n) is 9.69. The summed E-state index contributed by atoms with van der Waals surface area (Å²) in [6.45, 7) is 5.74. The largest absolute Gasteiger partial charge is 0.400 e. The molecule has 0 aliphatic heterocycles. The molecule has 4 nitrogen and oxygen atoms in total. The molecule has 1 N–H and O–H groups in total. The Kier molecular flexibility index (Phi) is 20.7. The summed E-state index contributed by atoms with van der Waals surface area (Å²) in [7, 11) is 5.06. The summed E-state index contributed by atoms with van der Waals surface area (Å²) < 4.78 is 0. The second-order valence-electron chi connectivity index (χ2n) is 2.81. The monoisotopic (exact) mass is 223 g/mol. The van der Waals surface area contributed by atoms with Gasteiger partial charge in [-0.05, 0) is 27.9 Å². The Morgan fingerprint density at radius 3 is 2.21 bits per heavy atom. The van der Waals surface area contributed by atoms with E-state index in [4.69, 9.17) is 5.11 Å². The molecule has 0 aromatic heterocycles. The summed E-state index contributed by atoms with van der Waals surface area (Å²) in [4.78, 5) is 10.1. The van der Waals surface area contributed by atoms with E-state index in [0.717, 1.165) is 20.2 Å². The second kappa shape index (κ2) is 15.1. The zero-order chi connectivity index (χ0) is 10.7. The van der Waals surface area contributed by atoms with Crippen LogP contribution in [0.3, 0.4) is 0 Å². The molecule has 0 aromatic rings. The first-order chi connectivity index (χ1) is 6.16. The predicted octanol–water partition coefficient (Wildman–Crippen LogP) is 1.16. The molecule has 1 atom stereocenters. The number of aliphatic hydroxyl groups is 1. The SMILES string of the molecule is CCN=C=NC(C)CN(C)C.CO.Cl. The molecule has 0 amide bonds. The van der Waals surface area contributed by atoms with Crippen LogP contribution in [0.15, 0.2) is 9.98 Å². The van der Waals surface area contributed by atoms with Crippen molar-refractivity contribution >= 4 is 18.4 Å². The molecule has 0 rings (SSSR count). The number of likely N-dealkylation sites (N-methyl/N-ethyl adjacent to an activating group) is 1. The molecule has 0 heterocycles. The van der Waals surface area contributed by atoms with Gasteiger partial charge < -0.3 is 10.0 Å². The van der Waals surface area contributed by atoms with Crippen LogP contribution in [0, 0.1) is 0 Å². The van der Waals surface area contributed by atoms with E-state index in [2.05, 4.69) is 27.8 Å². The van der Waals surface area contributed by atoms with E-state index in [1.54, 1.807) is 0 Å². The maximum atomic E-state index is 7.00. The second-order valence-corrected chi connectivity index (χ2v) is 2.81. The van der Waals surface area contributed by atoms with E-state index in [-0.39, 0.29) is 12.4 Å². The van der Waals surface area contributed by atoms with Gasteiger partial charge in [-0.2, -0.15) is 0 Å². The summed E-state index contributed by atoms with van der Waals surface area (Å²) in [5.41, 5.74) is 0. The van der Waals surface area contributed by atoms with Crippen molar-refractivity contribution in [3.8, 4) is 0 Å². The fourth-order valence-corrected chi connectivity index (χ4v) is 0.779. The number of nitrogens with zero attached hydrogens (tertiary/aromatic N) is 3. The summed E-state index contributed by atoms with van der Waals surface area (Å²) in [5.74, 6) is 0. The molecule has 0 aromatic carbocycles. The molecule has 0 radical (unpaired) electrons. The lowest BCUT2D eigenvalue weighted by atomic mass is 10.3. The zero-order valence-corrected chi connectivity index (χ0v) is 10.5. The molecule has 0 saturated heterocycles. The smallest absolute Gasteiger partial charge is 0.0895 e. The molecule has 0 aliphatic carbocycles. The first kappa shape index (κ1) is 19.2. The first-order valence-electron chi connectivity index (χ1n) is 4.37. The van der Waals surface area contributed by atoms with Crippen molar-refractivity contribution < 1.29 is 5.11 Å². The average Bonchev–Trinajstić information content (AvgIpc) is 2.07. The summed E-state index contributed by atoms with van der Waals surface area (Å²) in [6.07, 6.45) is 0. The minimum Gasteiger partial charge on any atom is -0.400 e. The molecular formula is C9H22ClN3O. The van der Waals surface area contributed by atoms with Crippen molar-refractivity contribution in [2.24, 2.45) is 9.98 Å². The van der Waals surface area contributed by atoms with Crippen molar-refractivity contribution in [2.45, 2.75) is 19.9 Å². The van der Waals surface area contributed by atoms with Crippen LogP contribution < -0.4 is 0 Å². The molecule has 0 bridgehead atoms. The van der Waals surface area contributed by atoms with E-state index in [0.29, 0.717) is 6.04 Å². The van der Waals surface area contributed by atoms with Gasteiger partial charge in [0.15, 0.2) is 0 Å². The highest BCUT2D eigenvalue weighted by molar-refractivity contribution is 5.85. The molecular weight excluding hydrogens is 202 g/mol. The highest BCUT2D eigenvalue weighted by Gasteiger charge is 1.97. The van der Waals surface area contributed by atoms with E-state index in [1.807, 2.05) is 21.0 Å². The minimum absolute atomic E-state index is 0. The van der Waals surface area contributed by atoms with Crippen LogP contribution in [0.5, 0.6) is 0 Å². The predicted molar refractivity (Wildman–Crippen MR) is 63.8 cm³/mol. The van der Waals surface area contributed by atoms with Crippen LogP contribution in [-0.4, -0.2) is 56.4 Å². The van der Waals surface area contributed by atoms with E-state index >= 15 is 0 Å². The van der Waals surface area contributed by atoms with Crippen LogP contribution in [0.4, 0.5) is 0 Å². The quantitative estimate of drug-likeness (QED) is 0.728. The third-order valence-electron chi connectivity index (χ3n) is 1.14. The van der Waals surface area contributed by atoms with Gasteiger partial charge in [0.05, 0.1) is 12.1 Å². The summed E-state index contributed by atoms with van der Waals surface area (Å²) in [5, 5.41) is 7.00. The Balaban J connectivity index is -0.000000376. The lowest BCUT2D eigenvalue weighted by molar-refractivity contribution is 0.384. The van der Waals surface area contributed by atoms with Crippen molar-refractivity contribution in [1.82, 2.24) is 4.90 Å². The van der Waals surface area contributed by atoms with E-state index in [9.17, 15) is 0 Å². The van der Waals surface area contributed by atoms with Gasteiger partial charge in [-0.1, -0.05) is 0 Å². The van der Waals surface area contributed by atoms with Gasteiger partial charge >= 0.3 is 0 Å². The van der Waals surface area contributed by atoms with Gasteiger partial charge in [0, 0.05) is 20.2 Å². The third kappa shape index (κ3) is 17.6. The number of aliphatic imine (C=N–C) groups is 2. The van der Waals surface area contributed by atoms with E-state index in [1.165, 1.54) is 0 Å². The standard InChI is InChI=1S/C8H17N3.CH4O.ClH/c1-5-9-7-10-8(2)6-11(3)4;1-2;/h8H,5-6H2,1-4H3;2H,1H3;1H. The normalized spacial score (nSPS) is 10.2. The Bertz CT molecular complexity index is 156. The lowest BCUT2D eigenvalue weighted by Crippen LogP contribution is -2.21. The Hall–Kier alpha value is -0.410. The number of hydrogen-bond acceptors (Lipinski definition) is 4. The van der Waals surface area contributed by atoms with Gasteiger partial charge in [-0.25, -0.2) is 9.98 Å². The molecule has 1 unspecified atom stereocenters. The van der Waals surface area contributed by atoms with Gasteiger partial charge in [0.2, 0.25) is 0 Å². The van der Waals surface area contributed by atoms with Gasteiger partial charge in [-0.15, -0.1) is 12.4 Å². The molecule has 0 spiro atoms. The van der Waals surface area contributed by atoms with Crippen LogP contribution >= 0.6 is 12.4 Å². The number of rotatable bonds is 4. The molecule has 0 aliphatic rings. The highest BCUT2D eigenvalue weighted by atomic mass is 35.5. The lowest BCUT2D eigenvalue weighted by Gasteiger charge is -2.10. The van der Waals surface area contributed by atoms with Crippen LogP contribution in [0.2, 0.25) is 0 Å². The van der Waals surface area contributed by atoms with Crippen molar-refractivity contribution in [2.75, 3.05) is 34.3 Å². The van der Waals surface area contributed by atoms with Crippen molar-refractivity contribution in [1.29, 1.82) is 0 Å². The third-order valence-corrected chi connectivity index (χ3v) is 1.14. The molecule has 5 heteroatoms. The van der Waals surface area contributed by atoms with Crippen LogP contribution in [0.1, 0.15) is 13.8 Å². The van der Waals surface area contributed by atoms with Crippen LogP contribution in [-0.2, 0) is 0 Å². The van der Waals surface area contributed by atoms with Crippen molar-refractivity contribution in [3.05, 3.63) is 0 Å². The topological polar surface area (TPSA) is 48.2 Å². The number of halogens is 1. The highest BCUT2D eigenvalue weighted by Crippen LogP contribution is 1.88. The van der Waals surface area contributed by atoms with Gasteiger partial charge in [-0.3, -0.25) is 0 Å². The minimum atomic E-state index is 0. The summed E-state index contributed by atoms with van der Waals surface area (Å²) >= 11 is 0. The summed E-state index contributed by atoms with van der Waals surface area (Å²) in [6, 6.07) is 2.96. The van der Waals surface area contributed by atoms with Crippen LogP contribution in [0.25, 0.3) is 0 Å². The van der Waals surface area contributed by atoms with Crippen molar-refractivity contribution in [3.63, 3.8) is 0 Å². The molecule has 14 heavy (non-hydrogen) atoms. The maximum Gasteiger partial charge on any atom is 0.0895 e. The average molecular weight is 224 g/mol. The van der Waals surface area contributed by atoms with E-state index < -0.39 is 0 Å². The maximum absolute atomic E-state index is 7.00. The Labute approximate surface area is 93.2 Å². The first-order valence-corrected chi connectivity index (χ1v) is 4.37.